The number of hydrogen-bond acceptors (Lipinski definition) is 4. The number of sulfonamides is 1. The van der Waals surface area contributed by atoms with Crippen LogP contribution in [0.2, 0.25) is 0 Å². The Morgan fingerprint density at radius 2 is 1.95 bits per heavy atom. The minimum Gasteiger partial charge on any atom is -0.316 e. The summed E-state index contributed by atoms with van der Waals surface area (Å²) in [5, 5.41) is 3.65. The molecule has 2 unspecified atom stereocenters. The minimum absolute atomic E-state index is 0.0797. The smallest absolute Gasteiger partial charge is 0.240 e. The first-order valence-corrected chi connectivity index (χ1v) is 9.96. The van der Waals surface area contributed by atoms with Gasteiger partial charge < -0.3 is 5.32 Å². The van der Waals surface area contributed by atoms with E-state index in [2.05, 4.69) is 17.0 Å². The molecule has 0 radical (unpaired) electrons. The number of hydrogen-bond donors (Lipinski definition) is 2. The van der Waals surface area contributed by atoms with Crippen LogP contribution < -0.4 is 10.0 Å². The van der Waals surface area contributed by atoms with Crippen molar-refractivity contribution >= 4 is 21.8 Å². The molecule has 1 aromatic rings. The molecule has 118 valence electrons. The maximum absolute atomic E-state index is 12.4. The van der Waals surface area contributed by atoms with Crippen molar-refractivity contribution < 1.29 is 8.42 Å². The van der Waals surface area contributed by atoms with Gasteiger partial charge in [0.1, 0.15) is 0 Å². The molecule has 2 N–H and O–H groups in total. The highest BCUT2D eigenvalue weighted by Crippen LogP contribution is 2.30. The lowest BCUT2D eigenvalue weighted by molar-refractivity contribution is 0.552. The van der Waals surface area contributed by atoms with Crippen molar-refractivity contribution in [2.24, 2.45) is 0 Å². The van der Waals surface area contributed by atoms with Crippen LogP contribution in [0.5, 0.6) is 0 Å². The molecule has 21 heavy (non-hydrogen) atoms. The number of nitrogens with one attached hydrogen (secondary N) is 2. The minimum atomic E-state index is -3.39. The van der Waals surface area contributed by atoms with Gasteiger partial charge in [0.15, 0.2) is 0 Å². The van der Waals surface area contributed by atoms with E-state index in [1.54, 1.807) is 12.1 Å². The van der Waals surface area contributed by atoms with Gasteiger partial charge in [0.05, 0.1) is 4.90 Å². The fourth-order valence-electron chi connectivity index (χ4n) is 2.71. The third-order valence-electron chi connectivity index (χ3n) is 3.72. The van der Waals surface area contributed by atoms with Gasteiger partial charge in [-0.25, -0.2) is 13.1 Å². The fourth-order valence-corrected chi connectivity index (χ4v) is 5.14. The molecule has 0 aliphatic heterocycles. The molecule has 2 rings (SSSR count). The summed E-state index contributed by atoms with van der Waals surface area (Å²) in [4.78, 5) is 0.356. The summed E-state index contributed by atoms with van der Waals surface area (Å²) in [7, 11) is -1.52. The van der Waals surface area contributed by atoms with Crippen LogP contribution in [0.4, 0.5) is 0 Å². The van der Waals surface area contributed by atoms with Crippen LogP contribution in [-0.4, -0.2) is 32.5 Å². The van der Waals surface area contributed by atoms with Gasteiger partial charge in [0.2, 0.25) is 10.0 Å². The molecule has 0 bridgehead atoms. The van der Waals surface area contributed by atoms with Gasteiger partial charge in [-0.2, -0.15) is 11.8 Å². The quantitative estimate of drug-likeness (QED) is 0.807. The molecule has 0 heterocycles. The Morgan fingerprint density at radius 1 is 1.24 bits per heavy atom. The van der Waals surface area contributed by atoms with Crippen LogP contribution in [0.25, 0.3) is 0 Å². The van der Waals surface area contributed by atoms with Crippen molar-refractivity contribution in [1.29, 1.82) is 0 Å². The molecule has 1 aliphatic rings. The summed E-state index contributed by atoms with van der Waals surface area (Å²) < 4.78 is 27.6. The van der Waals surface area contributed by atoms with Gasteiger partial charge in [-0.05, 0) is 49.8 Å². The van der Waals surface area contributed by atoms with Crippen LogP contribution >= 0.6 is 11.8 Å². The van der Waals surface area contributed by atoms with E-state index in [0.717, 1.165) is 37.1 Å². The molecule has 1 fully saturated rings. The SMILES string of the molecule is CCSC1CCC(NS(=O)(=O)c2ccc(CNC)cc2)C1. The number of benzene rings is 1. The number of thioether (sulfide) groups is 1. The standard InChI is InChI=1S/C15H24N2O2S2/c1-3-20-14-7-6-13(10-14)17-21(18,19)15-8-4-12(5-9-15)11-16-2/h4-5,8-9,13-14,16-17H,3,6-7,10-11H2,1-2H3. The Hall–Kier alpha value is -0.560. The number of rotatable bonds is 7. The van der Waals surface area contributed by atoms with Gasteiger partial charge in [-0.15, -0.1) is 0 Å². The summed E-state index contributed by atoms with van der Waals surface area (Å²) in [5.74, 6) is 1.09. The zero-order valence-electron chi connectivity index (χ0n) is 12.6. The van der Waals surface area contributed by atoms with Crippen molar-refractivity contribution in [2.45, 2.75) is 48.9 Å². The molecule has 4 nitrogen and oxygen atoms in total. The summed E-state index contributed by atoms with van der Waals surface area (Å²) in [5.41, 5.74) is 1.08. The summed E-state index contributed by atoms with van der Waals surface area (Å²) in [6.07, 6.45) is 2.98. The van der Waals surface area contributed by atoms with E-state index in [-0.39, 0.29) is 6.04 Å². The Balaban J connectivity index is 1.98. The van der Waals surface area contributed by atoms with Crippen LogP contribution in [0.15, 0.2) is 29.2 Å². The zero-order chi connectivity index (χ0) is 15.3. The van der Waals surface area contributed by atoms with Crippen molar-refractivity contribution in [1.82, 2.24) is 10.0 Å². The second kappa shape index (κ2) is 7.63. The Bertz CT molecular complexity index is 543. The average Bonchev–Trinajstić information content (AvgIpc) is 2.87. The lowest BCUT2D eigenvalue weighted by atomic mass is 10.2. The Kier molecular flexibility index (Phi) is 6.10. The third kappa shape index (κ3) is 4.71. The molecule has 2 atom stereocenters. The van der Waals surface area contributed by atoms with Crippen LogP contribution in [0.3, 0.4) is 0 Å². The van der Waals surface area contributed by atoms with Crippen molar-refractivity contribution in [3.05, 3.63) is 29.8 Å². The molecule has 6 heteroatoms. The molecular formula is C15H24N2O2S2. The van der Waals surface area contributed by atoms with E-state index in [4.69, 9.17) is 0 Å². The van der Waals surface area contributed by atoms with Crippen LogP contribution in [0, 0.1) is 0 Å². The topological polar surface area (TPSA) is 58.2 Å². The molecular weight excluding hydrogens is 304 g/mol. The first-order chi connectivity index (χ1) is 10.0. The molecule has 1 aliphatic carbocycles. The first kappa shape index (κ1) is 16.8. The molecule has 0 spiro atoms. The highest BCUT2D eigenvalue weighted by Gasteiger charge is 2.28. The van der Waals surface area contributed by atoms with Crippen molar-refractivity contribution in [3.63, 3.8) is 0 Å². The van der Waals surface area contributed by atoms with Crippen LogP contribution in [-0.2, 0) is 16.6 Å². The van der Waals surface area contributed by atoms with E-state index in [1.165, 1.54) is 0 Å². The third-order valence-corrected chi connectivity index (χ3v) is 6.49. The van der Waals surface area contributed by atoms with Crippen molar-refractivity contribution in [3.8, 4) is 0 Å². The molecule has 0 saturated heterocycles. The van der Waals surface area contributed by atoms with Gasteiger partial charge in [0.25, 0.3) is 0 Å². The highest BCUT2D eigenvalue weighted by molar-refractivity contribution is 7.99. The van der Waals surface area contributed by atoms with Crippen LogP contribution in [0.1, 0.15) is 31.7 Å². The summed E-state index contributed by atoms with van der Waals surface area (Å²) in [6, 6.07) is 7.16. The fraction of sp³-hybridized carbons (Fsp3) is 0.600. The van der Waals surface area contributed by atoms with E-state index in [0.29, 0.717) is 10.1 Å². The van der Waals surface area contributed by atoms with Crippen molar-refractivity contribution in [2.75, 3.05) is 12.8 Å². The van der Waals surface area contributed by atoms with Gasteiger partial charge in [-0.3, -0.25) is 0 Å². The molecule has 0 amide bonds. The summed E-state index contributed by atoms with van der Waals surface area (Å²) in [6.45, 7) is 2.89. The zero-order valence-corrected chi connectivity index (χ0v) is 14.3. The maximum atomic E-state index is 12.4. The maximum Gasteiger partial charge on any atom is 0.240 e. The first-order valence-electron chi connectivity index (χ1n) is 7.42. The largest absolute Gasteiger partial charge is 0.316 e. The lowest BCUT2D eigenvalue weighted by Crippen LogP contribution is -2.33. The van der Waals surface area contributed by atoms with Gasteiger partial charge in [0, 0.05) is 17.8 Å². The Labute approximate surface area is 132 Å². The molecule has 1 aromatic carbocycles. The van der Waals surface area contributed by atoms with E-state index < -0.39 is 10.0 Å². The summed E-state index contributed by atoms with van der Waals surface area (Å²) >= 11 is 1.93. The normalized spacial score (nSPS) is 22.6. The predicted molar refractivity (Wildman–Crippen MR) is 89.1 cm³/mol. The second-order valence-electron chi connectivity index (χ2n) is 5.38. The van der Waals surface area contributed by atoms with E-state index >= 15 is 0 Å². The van der Waals surface area contributed by atoms with E-state index in [9.17, 15) is 8.42 Å². The monoisotopic (exact) mass is 328 g/mol. The highest BCUT2D eigenvalue weighted by atomic mass is 32.2. The van der Waals surface area contributed by atoms with Gasteiger partial charge in [-0.1, -0.05) is 19.1 Å². The lowest BCUT2D eigenvalue weighted by Gasteiger charge is -2.14. The molecule has 1 saturated carbocycles. The average molecular weight is 329 g/mol. The Morgan fingerprint density at radius 3 is 2.57 bits per heavy atom. The molecule has 0 aromatic heterocycles. The second-order valence-corrected chi connectivity index (χ2v) is 8.67. The van der Waals surface area contributed by atoms with E-state index in [1.807, 2.05) is 30.9 Å². The van der Waals surface area contributed by atoms with Gasteiger partial charge >= 0.3 is 0 Å². The predicted octanol–water partition coefficient (Wildman–Crippen LogP) is 2.36.